The summed E-state index contributed by atoms with van der Waals surface area (Å²) in [6.45, 7) is 4.63. The first-order chi connectivity index (χ1) is 8.58. The van der Waals surface area contributed by atoms with E-state index in [4.69, 9.17) is 5.73 Å². The number of aryl methyl sites for hydroxylation is 1. The number of halogens is 1. The van der Waals surface area contributed by atoms with Crippen molar-refractivity contribution in [2.45, 2.75) is 20.3 Å². The van der Waals surface area contributed by atoms with Crippen LogP contribution in [-0.4, -0.2) is 24.9 Å². The molecule has 0 atom stereocenters. The topological polar surface area (TPSA) is 84.2 Å². The molecule has 106 valence electrons. The van der Waals surface area contributed by atoms with E-state index >= 15 is 0 Å². The number of anilines is 1. The van der Waals surface area contributed by atoms with E-state index in [9.17, 15) is 9.59 Å². The molecule has 1 aromatic rings. The van der Waals surface area contributed by atoms with Gasteiger partial charge in [-0.1, -0.05) is 0 Å². The van der Waals surface area contributed by atoms with Crippen molar-refractivity contribution in [3.63, 3.8) is 0 Å². The maximum absolute atomic E-state index is 11.6. The van der Waals surface area contributed by atoms with Crippen molar-refractivity contribution >= 4 is 29.9 Å². The second kappa shape index (κ2) is 8.50. The van der Waals surface area contributed by atoms with E-state index in [2.05, 4.69) is 10.6 Å². The molecular formula is C13H20ClN3O2. The lowest BCUT2D eigenvalue weighted by Crippen LogP contribution is -2.23. The van der Waals surface area contributed by atoms with Crippen LogP contribution in [0.5, 0.6) is 0 Å². The Labute approximate surface area is 119 Å². The Balaban J connectivity index is 0.00000324. The third-order valence-electron chi connectivity index (χ3n) is 2.47. The van der Waals surface area contributed by atoms with E-state index in [1.54, 1.807) is 18.2 Å². The molecule has 1 aromatic carbocycles. The van der Waals surface area contributed by atoms with Crippen molar-refractivity contribution in [3.05, 3.63) is 29.3 Å². The molecule has 19 heavy (non-hydrogen) atoms. The van der Waals surface area contributed by atoms with Crippen molar-refractivity contribution in [1.29, 1.82) is 0 Å². The Morgan fingerprint density at radius 1 is 1.32 bits per heavy atom. The average molecular weight is 286 g/mol. The van der Waals surface area contributed by atoms with Crippen LogP contribution in [0.2, 0.25) is 0 Å². The summed E-state index contributed by atoms with van der Waals surface area (Å²) >= 11 is 0. The van der Waals surface area contributed by atoms with Gasteiger partial charge in [0.15, 0.2) is 0 Å². The molecule has 0 aliphatic carbocycles. The Hall–Kier alpha value is -1.59. The van der Waals surface area contributed by atoms with Gasteiger partial charge in [0.1, 0.15) is 0 Å². The van der Waals surface area contributed by atoms with Gasteiger partial charge in [-0.25, -0.2) is 0 Å². The van der Waals surface area contributed by atoms with E-state index in [1.807, 2.05) is 13.8 Å². The van der Waals surface area contributed by atoms with Crippen molar-refractivity contribution in [2.24, 2.45) is 5.73 Å². The summed E-state index contributed by atoms with van der Waals surface area (Å²) in [6.07, 6.45) is 0.289. The lowest BCUT2D eigenvalue weighted by atomic mass is 10.1. The maximum Gasteiger partial charge on any atom is 0.251 e. The molecule has 0 fully saturated rings. The highest BCUT2D eigenvalue weighted by molar-refractivity contribution is 5.96. The summed E-state index contributed by atoms with van der Waals surface area (Å²) in [5.41, 5.74) is 7.45. The molecule has 0 aliphatic heterocycles. The average Bonchev–Trinajstić information content (AvgIpc) is 2.32. The van der Waals surface area contributed by atoms with Gasteiger partial charge in [0.25, 0.3) is 5.91 Å². The molecule has 0 radical (unpaired) electrons. The highest BCUT2D eigenvalue weighted by Crippen LogP contribution is 2.16. The first kappa shape index (κ1) is 17.4. The molecule has 0 heterocycles. The second-order valence-electron chi connectivity index (χ2n) is 3.98. The first-order valence-electron chi connectivity index (χ1n) is 5.97. The Morgan fingerprint density at radius 2 is 2.00 bits per heavy atom. The van der Waals surface area contributed by atoms with Crippen molar-refractivity contribution in [1.82, 2.24) is 5.32 Å². The predicted molar refractivity (Wildman–Crippen MR) is 78.7 cm³/mol. The summed E-state index contributed by atoms with van der Waals surface area (Å²) < 4.78 is 0. The highest BCUT2D eigenvalue weighted by atomic mass is 35.5. The van der Waals surface area contributed by atoms with E-state index in [0.717, 1.165) is 5.56 Å². The van der Waals surface area contributed by atoms with Gasteiger partial charge in [0.05, 0.1) is 0 Å². The minimum absolute atomic E-state index is 0. The zero-order valence-corrected chi connectivity index (χ0v) is 12.0. The number of benzene rings is 1. The van der Waals surface area contributed by atoms with Crippen LogP contribution in [0.25, 0.3) is 0 Å². The molecule has 0 aromatic heterocycles. The van der Waals surface area contributed by atoms with Gasteiger partial charge in [0.2, 0.25) is 5.91 Å². The summed E-state index contributed by atoms with van der Waals surface area (Å²) in [4.78, 5) is 23.0. The van der Waals surface area contributed by atoms with Crippen LogP contribution in [0.1, 0.15) is 29.3 Å². The fraction of sp³-hybridized carbons (Fsp3) is 0.385. The summed E-state index contributed by atoms with van der Waals surface area (Å²) in [5, 5.41) is 5.49. The quantitative estimate of drug-likeness (QED) is 0.766. The molecule has 0 saturated heterocycles. The molecule has 0 saturated carbocycles. The van der Waals surface area contributed by atoms with Gasteiger partial charge in [-0.15, -0.1) is 12.4 Å². The van der Waals surface area contributed by atoms with Crippen LogP contribution >= 0.6 is 12.4 Å². The van der Waals surface area contributed by atoms with Crippen LogP contribution < -0.4 is 16.4 Å². The molecule has 5 nitrogen and oxygen atoms in total. The number of nitrogens with two attached hydrogens (primary N) is 1. The third kappa shape index (κ3) is 5.28. The molecule has 1 rings (SSSR count). The number of rotatable bonds is 5. The lowest BCUT2D eigenvalue weighted by molar-refractivity contribution is -0.116. The minimum atomic E-state index is -0.119. The SMILES string of the molecule is CCNC(=O)c1ccc(NC(=O)CCN)c(C)c1.Cl. The Morgan fingerprint density at radius 3 is 2.53 bits per heavy atom. The number of amides is 2. The van der Waals surface area contributed by atoms with E-state index in [-0.39, 0.29) is 30.6 Å². The number of carbonyl (C=O) groups excluding carboxylic acids is 2. The molecule has 0 spiro atoms. The van der Waals surface area contributed by atoms with Gasteiger partial charge in [0, 0.05) is 30.8 Å². The molecular weight excluding hydrogens is 266 g/mol. The monoisotopic (exact) mass is 285 g/mol. The summed E-state index contributed by atoms with van der Waals surface area (Å²) in [5.74, 6) is -0.230. The van der Waals surface area contributed by atoms with E-state index < -0.39 is 0 Å². The smallest absolute Gasteiger partial charge is 0.251 e. The highest BCUT2D eigenvalue weighted by Gasteiger charge is 2.08. The van der Waals surface area contributed by atoms with E-state index in [1.165, 1.54) is 0 Å². The Kier molecular flexibility index (Phi) is 7.79. The largest absolute Gasteiger partial charge is 0.352 e. The van der Waals surface area contributed by atoms with Crippen molar-refractivity contribution in [3.8, 4) is 0 Å². The predicted octanol–water partition coefficient (Wildman–Crippen LogP) is 1.45. The fourth-order valence-corrected chi connectivity index (χ4v) is 1.55. The fourth-order valence-electron chi connectivity index (χ4n) is 1.55. The number of carbonyl (C=O) groups is 2. The number of hydrogen-bond acceptors (Lipinski definition) is 3. The van der Waals surface area contributed by atoms with Crippen LogP contribution in [0.3, 0.4) is 0 Å². The van der Waals surface area contributed by atoms with Gasteiger partial charge in [-0.05, 0) is 37.6 Å². The number of hydrogen-bond donors (Lipinski definition) is 3. The van der Waals surface area contributed by atoms with Gasteiger partial charge in [-0.3, -0.25) is 9.59 Å². The van der Waals surface area contributed by atoms with Gasteiger partial charge < -0.3 is 16.4 Å². The van der Waals surface area contributed by atoms with Crippen LogP contribution in [0.4, 0.5) is 5.69 Å². The van der Waals surface area contributed by atoms with Crippen LogP contribution in [0, 0.1) is 6.92 Å². The lowest BCUT2D eigenvalue weighted by Gasteiger charge is -2.09. The van der Waals surface area contributed by atoms with Crippen molar-refractivity contribution < 1.29 is 9.59 Å². The second-order valence-corrected chi connectivity index (χ2v) is 3.98. The maximum atomic E-state index is 11.6. The molecule has 4 N–H and O–H groups in total. The zero-order chi connectivity index (χ0) is 13.5. The standard InChI is InChI=1S/C13H19N3O2.ClH/c1-3-15-13(18)10-4-5-11(9(2)8-10)16-12(17)6-7-14;/h4-5,8H,3,6-7,14H2,1-2H3,(H,15,18)(H,16,17);1H. The molecule has 0 bridgehead atoms. The van der Waals surface area contributed by atoms with Gasteiger partial charge in [-0.2, -0.15) is 0 Å². The molecule has 6 heteroatoms. The number of nitrogens with one attached hydrogen (secondary N) is 2. The normalized spacial score (nSPS) is 9.42. The van der Waals surface area contributed by atoms with Crippen LogP contribution in [0.15, 0.2) is 18.2 Å². The molecule has 0 unspecified atom stereocenters. The molecule has 0 aliphatic rings. The summed E-state index contributed by atoms with van der Waals surface area (Å²) in [7, 11) is 0. The van der Waals surface area contributed by atoms with Gasteiger partial charge >= 0.3 is 0 Å². The van der Waals surface area contributed by atoms with E-state index in [0.29, 0.717) is 24.3 Å². The first-order valence-corrected chi connectivity index (χ1v) is 5.97. The zero-order valence-electron chi connectivity index (χ0n) is 11.2. The summed E-state index contributed by atoms with van der Waals surface area (Å²) in [6, 6.07) is 5.17. The molecule has 2 amide bonds. The van der Waals surface area contributed by atoms with Crippen molar-refractivity contribution in [2.75, 3.05) is 18.4 Å². The third-order valence-corrected chi connectivity index (χ3v) is 2.47. The minimum Gasteiger partial charge on any atom is -0.352 e. The Bertz CT molecular complexity index is 450. The van der Waals surface area contributed by atoms with Crippen LogP contribution in [-0.2, 0) is 4.79 Å².